The summed E-state index contributed by atoms with van der Waals surface area (Å²) in [6.45, 7) is 9.12. The highest BCUT2D eigenvalue weighted by atomic mass is 28.2. The Labute approximate surface area is 186 Å². The van der Waals surface area contributed by atoms with Crippen LogP contribution >= 0.6 is 0 Å². The number of carbonyl (C=O) groups excluding carboxylic acids is 1. The molecule has 0 heterocycles. The number of rotatable bonds is 21. The largest absolute Gasteiger partial charge is 0.528 e. The number of hydrogen-bond acceptors (Lipinski definition) is 2. The fourth-order valence-electron chi connectivity index (χ4n) is 5.06. The molecular weight excluding hydrogens is 372 g/mol. The Bertz CT molecular complexity index is 356. The van der Waals surface area contributed by atoms with E-state index in [-0.39, 0.29) is 11.4 Å². The Kier molecular flexibility index (Phi) is 19.4. The molecular formula is C26H54O2Si. The maximum absolute atomic E-state index is 13.2. The lowest BCUT2D eigenvalue weighted by Gasteiger charge is -2.39. The number of unbranched alkanes of at least 4 members (excludes halogenated alkanes) is 12. The monoisotopic (exact) mass is 426 g/mol. The van der Waals surface area contributed by atoms with E-state index in [2.05, 4.69) is 27.7 Å². The zero-order valence-electron chi connectivity index (χ0n) is 20.8. The van der Waals surface area contributed by atoms with Crippen LogP contribution in [-0.2, 0) is 9.22 Å². The van der Waals surface area contributed by atoms with Crippen molar-refractivity contribution in [3.8, 4) is 0 Å². The smallest absolute Gasteiger partial charge is 0.298 e. The zero-order chi connectivity index (χ0) is 21.8. The average molecular weight is 427 g/mol. The van der Waals surface area contributed by atoms with Crippen LogP contribution in [0.3, 0.4) is 0 Å². The molecule has 1 unspecified atom stereocenters. The SMILES string of the molecule is CCCCCCCC(CC)C(CCCCCCC)(CCCCCCC)C(=O)O[SiH3]. The second kappa shape index (κ2) is 19.6. The summed E-state index contributed by atoms with van der Waals surface area (Å²) in [6, 6.07) is 0. The summed E-state index contributed by atoms with van der Waals surface area (Å²) in [5.41, 5.74) is -0.209. The van der Waals surface area contributed by atoms with Gasteiger partial charge in [-0.3, -0.25) is 4.79 Å². The second-order valence-corrected chi connectivity index (χ2v) is 9.69. The van der Waals surface area contributed by atoms with Crippen LogP contribution in [0.1, 0.15) is 150 Å². The number of carbonyl (C=O) groups is 1. The lowest BCUT2D eigenvalue weighted by molar-refractivity contribution is -0.151. The van der Waals surface area contributed by atoms with Gasteiger partial charge in [0, 0.05) is 0 Å². The van der Waals surface area contributed by atoms with Gasteiger partial charge in [0.15, 0.2) is 0 Å². The molecule has 29 heavy (non-hydrogen) atoms. The van der Waals surface area contributed by atoms with E-state index in [0.29, 0.717) is 16.4 Å². The van der Waals surface area contributed by atoms with E-state index in [9.17, 15) is 4.79 Å². The molecule has 0 bridgehead atoms. The van der Waals surface area contributed by atoms with Crippen LogP contribution in [0.25, 0.3) is 0 Å². The molecule has 0 aromatic carbocycles. The molecule has 0 amide bonds. The molecule has 3 heteroatoms. The first-order valence-electron chi connectivity index (χ1n) is 13.2. The molecule has 1 atom stereocenters. The van der Waals surface area contributed by atoms with Gasteiger partial charge in [-0.1, -0.05) is 130 Å². The average Bonchev–Trinajstić information content (AvgIpc) is 2.74. The Morgan fingerprint density at radius 3 is 1.48 bits per heavy atom. The highest BCUT2D eigenvalue weighted by Gasteiger charge is 2.43. The summed E-state index contributed by atoms with van der Waals surface area (Å²) in [6.07, 6.45) is 23.8. The Morgan fingerprint density at radius 2 is 1.10 bits per heavy atom. The Hall–Kier alpha value is -0.313. The van der Waals surface area contributed by atoms with Gasteiger partial charge < -0.3 is 4.43 Å². The van der Waals surface area contributed by atoms with Crippen molar-refractivity contribution >= 4 is 16.5 Å². The van der Waals surface area contributed by atoms with E-state index >= 15 is 0 Å². The quantitative estimate of drug-likeness (QED) is 0.138. The van der Waals surface area contributed by atoms with E-state index in [4.69, 9.17) is 4.43 Å². The standard InChI is InChI=1S/C26H54O2Si/c1-5-9-12-15-18-21-24(8-4)26(25(27)28-29,22-19-16-13-10-6-2)23-20-17-14-11-7-3/h24H,5-23H2,1-4,29H3. The minimum absolute atomic E-state index is 0.149. The van der Waals surface area contributed by atoms with Gasteiger partial charge >= 0.3 is 0 Å². The molecule has 0 aromatic heterocycles. The maximum atomic E-state index is 13.2. The molecule has 0 aliphatic rings. The molecule has 0 radical (unpaired) electrons. The molecule has 2 nitrogen and oxygen atoms in total. The second-order valence-electron chi connectivity index (χ2n) is 9.28. The first-order chi connectivity index (χ1) is 14.1. The molecule has 174 valence electrons. The summed E-state index contributed by atoms with van der Waals surface area (Å²) in [5, 5.41) is 0. The summed E-state index contributed by atoms with van der Waals surface area (Å²) in [4.78, 5) is 13.2. The van der Waals surface area contributed by atoms with E-state index in [0.717, 1.165) is 19.3 Å². The first kappa shape index (κ1) is 28.7. The van der Waals surface area contributed by atoms with Gasteiger partial charge in [0.1, 0.15) is 0 Å². The van der Waals surface area contributed by atoms with Crippen molar-refractivity contribution in [2.45, 2.75) is 150 Å². The summed E-state index contributed by atoms with van der Waals surface area (Å²) in [7, 11) is 0.530. The number of hydrogen-bond donors (Lipinski definition) is 0. The minimum atomic E-state index is -0.209. The van der Waals surface area contributed by atoms with Gasteiger partial charge in [-0.05, 0) is 25.2 Å². The maximum Gasteiger partial charge on any atom is 0.298 e. The molecule has 0 rings (SSSR count). The zero-order valence-corrected chi connectivity index (χ0v) is 22.8. The van der Waals surface area contributed by atoms with E-state index < -0.39 is 0 Å². The molecule has 0 aliphatic carbocycles. The molecule has 0 N–H and O–H groups in total. The predicted octanol–water partition coefficient (Wildman–Crippen LogP) is 7.90. The van der Waals surface area contributed by atoms with Crippen LogP contribution in [0.2, 0.25) is 0 Å². The van der Waals surface area contributed by atoms with Crippen molar-refractivity contribution in [1.29, 1.82) is 0 Å². The van der Waals surface area contributed by atoms with Gasteiger partial charge in [-0.15, -0.1) is 0 Å². The predicted molar refractivity (Wildman–Crippen MR) is 132 cm³/mol. The third kappa shape index (κ3) is 12.2. The highest BCUT2D eigenvalue weighted by molar-refractivity contribution is 6.06. The van der Waals surface area contributed by atoms with Gasteiger partial charge in [0.2, 0.25) is 10.5 Å². The van der Waals surface area contributed by atoms with Crippen LogP contribution in [-0.4, -0.2) is 16.5 Å². The van der Waals surface area contributed by atoms with Gasteiger partial charge in [0.25, 0.3) is 5.97 Å². The van der Waals surface area contributed by atoms with Crippen molar-refractivity contribution in [2.75, 3.05) is 0 Å². The molecule has 0 saturated carbocycles. The fourth-order valence-corrected chi connectivity index (χ4v) is 5.47. The summed E-state index contributed by atoms with van der Waals surface area (Å²) in [5.74, 6) is 0.651. The van der Waals surface area contributed by atoms with Crippen LogP contribution in [0, 0.1) is 11.3 Å². The van der Waals surface area contributed by atoms with Crippen molar-refractivity contribution in [2.24, 2.45) is 11.3 Å². The van der Waals surface area contributed by atoms with E-state index in [1.807, 2.05) is 0 Å². The van der Waals surface area contributed by atoms with Crippen molar-refractivity contribution in [3.63, 3.8) is 0 Å². The summed E-state index contributed by atoms with van der Waals surface area (Å²) >= 11 is 0. The molecule has 0 fully saturated rings. The van der Waals surface area contributed by atoms with Crippen LogP contribution in [0.15, 0.2) is 0 Å². The van der Waals surface area contributed by atoms with Crippen LogP contribution in [0.5, 0.6) is 0 Å². The van der Waals surface area contributed by atoms with E-state index in [1.54, 1.807) is 0 Å². The van der Waals surface area contributed by atoms with Crippen molar-refractivity contribution in [1.82, 2.24) is 0 Å². The summed E-state index contributed by atoms with van der Waals surface area (Å²) < 4.78 is 5.60. The van der Waals surface area contributed by atoms with Gasteiger partial charge in [-0.25, -0.2) is 0 Å². The molecule has 0 spiro atoms. The lowest BCUT2D eigenvalue weighted by Crippen LogP contribution is -2.40. The van der Waals surface area contributed by atoms with Crippen molar-refractivity contribution in [3.05, 3.63) is 0 Å². The molecule has 0 aromatic rings. The topological polar surface area (TPSA) is 26.3 Å². The highest BCUT2D eigenvalue weighted by Crippen LogP contribution is 2.44. The van der Waals surface area contributed by atoms with E-state index in [1.165, 1.54) is 103 Å². The fraction of sp³-hybridized carbons (Fsp3) is 0.962. The molecule has 0 saturated heterocycles. The minimum Gasteiger partial charge on any atom is -0.528 e. The van der Waals surface area contributed by atoms with Crippen LogP contribution < -0.4 is 0 Å². The van der Waals surface area contributed by atoms with Gasteiger partial charge in [-0.2, -0.15) is 0 Å². The third-order valence-corrected chi connectivity index (χ3v) is 7.35. The Morgan fingerprint density at radius 1 is 0.690 bits per heavy atom. The first-order valence-corrected chi connectivity index (χ1v) is 14.0. The normalized spacial score (nSPS) is 13.0. The lowest BCUT2D eigenvalue weighted by atomic mass is 9.65. The van der Waals surface area contributed by atoms with Crippen molar-refractivity contribution < 1.29 is 9.22 Å². The Balaban J connectivity index is 5.12. The molecule has 0 aliphatic heterocycles. The van der Waals surface area contributed by atoms with Gasteiger partial charge in [0.05, 0.1) is 5.41 Å². The third-order valence-electron chi connectivity index (χ3n) is 6.98. The van der Waals surface area contributed by atoms with Crippen LogP contribution in [0.4, 0.5) is 0 Å².